The molecule has 3 aromatic heterocycles. The number of fused-ring (bicyclic) bond motifs is 3. The summed E-state index contributed by atoms with van der Waals surface area (Å²) < 4.78 is 12.9. The Kier molecular flexibility index (Phi) is 8.71. The largest absolute Gasteiger partial charge is 0.495 e. The number of anilines is 4. The van der Waals surface area contributed by atoms with Gasteiger partial charge in [-0.05, 0) is 36.9 Å². The normalized spacial score (nSPS) is 13.7. The molecule has 0 aliphatic carbocycles. The highest BCUT2D eigenvalue weighted by Crippen LogP contribution is 2.47. The number of benzene rings is 2. The first-order chi connectivity index (χ1) is 21.8. The molecule has 0 saturated carbocycles. The van der Waals surface area contributed by atoms with E-state index in [1.807, 2.05) is 34.9 Å². The molecule has 0 spiro atoms. The Balaban J connectivity index is 1.39. The van der Waals surface area contributed by atoms with E-state index in [4.69, 9.17) is 37.7 Å². The highest BCUT2D eigenvalue weighted by Gasteiger charge is 2.23. The Bertz CT molecular complexity index is 1890. The fraction of sp³-hybridized carbons (Fsp3) is 0.242. The number of hydrogen-bond acceptors (Lipinski definition) is 8. The van der Waals surface area contributed by atoms with Crippen LogP contribution in [0.4, 0.5) is 22.9 Å². The molecule has 5 aromatic rings. The molecule has 1 aliphatic heterocycles. The van der Waals surface area contributed by atoms with E-state index >= 15 is 0 Å². The van der Waals surface area contributed by atoms with Crippen molar-refractivity contribution in [3.8, 4) is 22.6 Å². The number of carbonyl (C=O) groups is 1. The van der Waals surface area contributed by atoms with Crippen molar-refractivity contribution < 1.29 is 14.3 Å². The van der Waals surface area contributed by atoms with Gasteiger partial charge in [-0.1, -0.05) is 36.7 Å². The van der Waals surface area contributed by atoms with Crippen LogP contribution in [0, 0.1) is 0 Å². The van der Waals surface area contributed by atoms with E-state index in [0.29, 0.717) is 55.5 Å². The molecule has 232 valence electrons. The number of carbonyl (C=O) groups excluding carboxylic acids is 1. The Morgan fingerprint density at radius 3 is 2.40 bits per heavy atom. The van der Waals surface area contributed by atoms with Gasteiger partial charge in [0, 0.05) is 79.1 Å². The summed E-state index contributed by atoms with van der Waals surface area (Å²) in [5.74, 6) is 1.16. The van der Waals surface area contributed by atoms with Crippen LogP contribution >= 0.6 is 23.2 Å². The number of amides is 1. The minimum absolute atomic E-state index is 0.295. The zero-order chi connectivity index (χ0) is 31.7. The second-order valence-corrected chi connectivity index (χ2v) is 11.3. The topological polar surface area (TPSA) is 96.3 Å². The molecule has 2 aromatic carbocycles. The molecule has 6 rings (SSSR count). The van der Waals surface area contributed by atoms with Crippen LogP contribution in [-0.2, 0) is 4.79 Å². The minimum atomic E-state index is -0.295. The van der Waals surface area contributed by atoms with Gasteiger partial charge in [0.25, 0.3) is 0 Å². The molecule has 0 bridgehead atoms. The van der Waals surface area contributed by atoms with E-state index in [9.17, 15) is 4.79 Å². The maximum atomic E-state index is 12.4. The van der Waals surface area contributed by atoms with Crippen LogP contribution in [0.1, 0.15) is 6.92 Å². The second kappa shape index (κ2) is 12.8. The third-order valence-electron chi connectivity index (χ3n) is 8.09. The van der Waals surface area contributed by atoms with Crippen LogP contribution in [0.2, 0.25) is 10.0 Å². The van der Waals surface area contributed by atoms with Crippen molar-refractivity contribution >= 4 is 68.5 Å². The highest BCUT2D eigenvalue weighted by atomic mass is 35.5. The molecule has 1 amide bonds. The lowest BCUT2D eigenvalue weighted by Crippen LogP contribution is -2.46. The molecule has 10 nitrogen and oxygen atoms in total. The Labute approximate surface area is 271 Å². The number of nitrogens with zero attached hydrogens (tertiary/aromatic N) is 5. The Morgan fingerprint density at radius 2 is 1.73 bits per heavy atom. The van der Waals surface area contributed by atoms with Crippen LogP contribution < -0.4 is 25.0 Å². The number of likely N-dealkylation sites (N-methyl/N-ethyl adjacent to an activating group) is 1. The molecular formula is C33H33Cl2N7O3. The summed E-state index contributed by atoms with van der Waals surface area (Å²) in [6, 6.07) is 11.5. The van der Waals surface area contributed by atoms with Gasteiger partial charge in [-0.15, -0.1) is 0 Å². The molecule has 0 atom stereocenters. The first-order valence-corrected chi connectivity index (χ1v) is 15.3. The number of ether oxygens (including phenoxy) is 2. The van der Waals surface area contributed by atoms with Crippen LogP contribution in [-0.4, -0.2) is 72.1 Å². The number of nitrogens with one attached hydrogen (secondary N) is 2. The fourth-order valence-electron chi connectivity index (χ4n) is 5.65. The van der Waals surface area contributed by atoms with Crippen molar-refractivity contribution in [3.05, 3.63) is 77.7 Å². The van der Waals surface area contributed by atoms with Crippen molar-refractivity contribution in [2.45, 2.75) is 6.92 Å². The maximum Gasteiger partial charge on any atom is 0.247 e. The molecule has 45 heavy (non-hydrogen) atoms. The van der Waals surface area contributed by atoms with Crippen LogP contribution in [0.3, 0.4) is 0 Å². The van der Waals surface area contributed by atoms with Crippen LogP contribution in [0.25, 0.3) is 27.7 Å². The summed E-state index contributed by atoms with van der Waals surface area (Å²) in [4.78, 5) is 26.5. The fourth-order valence-corrected chi connectivity index (χ4v) is 6.36. The van der Waals surface area contributed by atoms with Gasteiger partial charge >= 0.3 is 0 Å². The standard InChI is InChI=1S/C33H33Cl2N7O3/c1-5-29(43)39-24-16-21(41-13-11-40(6-2)12-14-41)7-8-23(24)38-28-17-25-20(19-37-28)15-22(33-36-9-10-42(25)33)30-31(34)26(44-3)18-27(45-4)32(30)35/h5,7-10,15-19H,1,6,11-14H2,2-4H3,(H,37,38)(H,39,43). The van der Waals surface area contributed by atoms with E-state index in [0.717, 1.165) is 49.3 Å². The SMILES string of the molecule is C=CC(=O)Nc1cc(N2CCN(CC)CC2)ccc1Nc1cc2c(cn1)cc(-c1c(Cl)c(OC)cc(OC)c1Cl)c1nccn12. The third-order valence-corrected chi connectivity index (χ3v) is 8.84. The number of pyridine rings is 2. The molecule has 1 fully saturated rings. The average molecular weight is 647 g/mol. The van der Waals surface area contributed by atoms with E-state index in [1.54, 1.807) is 18.5 Å². The number of aromatic nitrogens is 3. The Hall–Kier alpha value is -4.51. The van der Waals surface area contributed by atoms with E-state index in [-0.39, 0.29) is 5.91 Å². The predicted octanol–water partition coefficient (Wildman–Crippen LogP) is 6.88. The molecule has 0 radical (unpaired) electrons. The zero-order valence-corrected chi connectivity index (χ0v) is 26.7. The smallest absolute Gasteiger partial charge is 0.247 e. The summed E-state index contributed by atoms with van der Waals surface area (Å²) in [6.45, 7) is 10.7. The molecule has 1 saturated heterocycles. The second-order valence-electron chi connectivity index (χ2n) is 10.6. The van der Waals surface area contributed by atoms with Crippen molar-refractivity contribution in [3.63, 3.8) is 0 Å². The van der Waals surface area contributed by atoms with Crippen molar-refractivity contribution in [2.24, 2.45) is 0 Å². The molecule has 0 unspecified atom stereocenters. The molecule has 1 aliphatic rings. The van der Waals surface area contributed by atoms with Crippen LogP contribution in [0.5, 0.6) is 11.5 Å². The number of halogens is 2. The van der Waals surface area contributed by atoms with Gasteiger partial charge in [0.15, 0.2) is 0 Å². The third kappa shape index (κ3) is 5.84. The summed E-state index contributed by atoms with van der Waals surface area (Å²) in [5.41, 5.74) is 5.13. The van der Waals surface area contributed by atoms with Gasteiger partial charge in [-0.3, -0.25) is 9.20 Å². The summed E-state index contributed by atoms with van der Waals surface area (Å²) >= 11 is 13.6. The first-order valence-electron chi connectivity index (χ1n) is 14.5. The zero-order valence-electron chi connectivity index (χ0n) is 25.2. The monoisotopic (exact) mass is 645 g/mol. The van der Waals surface area contributed by atoms with Crippen molar-refractivity contribution in [2.75, 3.05) is 62.5 Å². The number of imidazole rings is 1. The number of piperazine rings is 1. The van der Waals surface area contributed by atoms with Gasteiger partial charge in [0.05, 0.1) is 41.2 Å². The summed E-state index contributed by atoms with van der Waals surface area (Å²) in [6.07, 6.45) is 6.61. The summed E-state index contributed by atoms with van der Waals surface area (Å²) in [5, 5.41) is 7.88. The van der Waals surface area contributed by atoms with Crippen molar-refractivity contribution in [1.82, 2.24) is 19.3 Å². The number of rotatable bonds is 9. The molecule has 2 N–H and O–H groups in total. The quantitative estimate of drug-likeness (QED) is 0.167. The van der Waals surface area contributed by atoms with E-state index in [1.165, 1.54) is 20.3 Å². The molecule has 4 heterocycles. The van der Waals surface area contributed by atoms with Gasteiger partial charge in [-0.2, -0.15) is 0 Å². The molecule has 12 heteroatoms. The lowest BCUT2D eigenvalue weighted by atomic mass is 10.0. The maximum absolute atomic E-state index is 12.4. The number of hydrogen-bond donors (Lipinski definition) is 2. The minimum Gasteiger partial charge on any atom is -0.495 e. The molecular weight excluding hydrogens is 613 g/mol. The average Bonchev–Trinajstić information content (AvgIpc) is 3.57. The van der Waals surface area contributed by atoms with E-state index in [2.05, 4.69) is 45.0 Å². The first kappa shape index (κ1) is 30.5. The van der Waals surface area contributed by atoms with E-state index < -0.39 is 0 Å². The van der Waals surface area contributed by atoms with Gasteiger partial charge in [-0.25, -0.2) is 9.97 Å². The van der Waals surface area contributed by atoms with Crippen molar-refractivity contribution in [1.29, 1.82) is 0 Å². The van der Waals surface area contributed by atoms with Gasteiger partial charge in [0.1, 0.15) is 23.0 Å². The lowest BCUT2D eigenvalue weighted by Gasteiger charge is -2.35. The summed E-state index contributed by atoms with van der Waals surface area (Å²) in [7, 11) is 3.08. The van der Waals surface area contributed by atoms with Gasteiger partial charge < -0.3 is 29.9 Å². The lowest BCUT2D eigenvalue weighted by molar-refractivity contribution is -0.111. The number of methoxy groups -OCH3 is 2. The van der Waals surface area contributed by atoms with Crippen LogP contribution in [0.15, 0.2) is 67.6 Å². The predicted molar refractivity (Wildman–Crippen MR) is 182 cm³/mol. The Morgan fingerprint density at radius 1 is 1.00 bits per heavy atom. The van der Waals surface area contributed by atoms with Gasteiger partial charge in [0.2, 0.25) is 5.91 Å². The highest BCUT2D eigenvalue weighted by molar-refractivity contribution is 6.41.